The van der Waals surface area contributed by atoms with E-state index in [0.29, 0.717) is 0 Å². The molecule has 0 aliphatic heterocycles. The molecule has 0 atom stereocenters. The second kappa shape index (κ2) is 11.7. The highest BCUT2D eigenvalue weighted by Gasteiger charge is 2.39. The van der Waals surface area contributed by atoms with Crippen LogP contribution in [0.25, 0.3) is 71.5 Å². The van der Waals surface area contributed by atoms with Crippen molar-refractivity contribution in [1.29, 1.82) is 0 Å². The minimum atomic E-state index is -0.101. The summed E-state index contributed by atoms with van der Waals surface area (Å²) in [5.41, 5.74) is 20.5. The van der Waals surface area contributed by atoms with Crippen LogP contribution in [0.3, 0.4) is 0 Å². The van der Waals surface area contributed by atoms with Crippen molar-refractivity contribution >= 4 is 55.2 Å². The van der Waals surface area contributed by atoms with Crippen LogP contribution in [0.5, 0.6) is 0 Å². The predicted octanol–water partition coefficient (Wildman–Crippen LogP) is 15.2. The Morgan fingerprint density at radius 2 is 0.965 bits per heavy atom. The maximum absolute atomic E-state index is 2.50. The van der Waals surface area contributed by atoms with Crippen molar-refractivity contribution in [1.82, 2.24) is 4.40 Å². The van der Waals surface area contributed by atoms with Gasteiger partial charge in [-0.1, -0.05) is 156 Å². The van der Waals surface area contributed by atoms with E-state index in [-0.39, 0.29) is 18.3 Å². The third-order valence-electron chi connectivity index (χ3n) is 13.3. The maximum atomic E-state index is 2.50. The summed E-state index contributed by atoms with van der Waals surface area (Å²) in [7, 11) is 0. The SMILES string of the molecule is C.CC1(C)c2ccccc2-c2ccc(N(c3ccc(-c4ccc5c(c4)c4cccc6c7ccccc7n5c64)cc3)c3cccc4c3-c3ccccc3C4(C)C)cc21. The number of rotatable bonds is 4. The summed E-state index contributed by atoms with van der Waals surface area (Å²) in [4.78, 5) is 2.50. The molecule has 0 amide bonds. The maximum Gasteiger partial charge on any atom is 0.0620 e. The molecule has 57 heavy (non-hydrogen) atoms. The van der Waals surface area contributed by atoms with E-state index in [9.17, 15) is 0 Å². The monoisotopic (exact) mass is 732 g/mol. The molecule has 12 rings (SSSR count). The van der Waals surface area contributed by atoms with Gasteiger partial charge >= 0.3 is 0 Å². The van der Waals surface area contributed by atoms with Crippen LogP contribution in [-0.2, 0) is 10.8 Å². The fourth-order valence-electron chi connectivity index (χ4n) is 10.6. The summed E-state index contributed by atoms with van der Waals surface area (Å²) in [6.45, 7) is 9.48. The molecule has 2 nitrogen and oxygen atoms in total. The summed E-state index contributed by atoms with van der Waals surface area (Å²) in [5, 5.41) is 5.23. The van der Waals surface area contributed by atoms with E-state index in [1.807, 2.05) is 0 Å². The van der Waals surface area contributed by atoms with Crippen molar-refractivity contribution < 1.29 is 0 Å². The molecular formula is C55H44N2. The van der Waals surface area contributed by atoms with Gasteiger partial charge in [0.2, 0.25) is 0 Å². The number of hydrogen-bond donors (Lipinski definition) is 0. The van der Waals surface area contributed by atoms with Crippen LogP contribution in [0, 0.1) is 0 Å². The van der Waals surface area contributed by atoms with Crippen molar-refractivity contribution in [3.05, 3.63) is 192 Å². The van der Waals surface area contributed by atoms with Gasteiger partial charge in [-0.15, -0.1) is 0 Å². The number of benzene rings is 8. The Labute approximate surface area is 334 Å². The van der Waals surface area contributed by atoms with Crippen molar-refractivity contribution in [2.75, 3.05) is 4.90 Å². The topological polar surface area (TPSA) is 7.65 Å². The molecule has 0 radical (unpaired) electrons. The van der Waals surface area contributed by atoms with Gasteiger partial charge in [-0.2, -0.15) is 0 Å². The zero-order valence-electron chi connectivity index (χ0n) is 32.1. The number of nitrogens with zero attached hydrogens (tertiary/aromatic N) is 2. The number of aromatic nitrogens is 1. The predicted molar refractivity (Wildman–Crippen MR) is 243 cm³/mol. The van der Waals surface area contributed by atoms with Gasteiger partial charge in [0.1, 0.15) is 0 Å². The summed E-state index contributed by atoms with van der Waals surface area (Å²) >= 11 is 0. The minimum Gasteiger partial charge on any atom is -0.310 e. The molecule has 0 fully saturated rings. The molecule has 0 N–H and O–H groups in total. The standard InChI is InChI=1S/C54H40N2.CH4/c1-53(2)45-19-9-6-15-42(45)51-46(53)20-12-22-50(51)55(36-28-29-38-37-13-5-8-18-44(37)54(3,4)47(38)32-36)35-26-23-33(24-27-35)34-25-30-49-43(31-34)41-17-11-16-40-39-14-7-10-21-48(39)56(49)52(40)41;/h5-32H,1-4H3;1H4. The van der Waals surface area contributed by atoms with E-state index in [4.69, 9.17) is 0 Å². The van der Waals surface area contributed by atoms with E-state index in [1.165, 1.54) is 105 Å². The first-order valence-corrected chi connectivity index (χ1v) is 19.9. The summed E-state index contributed by atoms with van der Waals surface area (Å²) in [5.74, 6) is 0. The fraction of sp³-hybridized carbons (Fsp3) is 0.127. The third kappa shape index (κ3) is 4.41. The summed E-state index contributed by atoms with van der Waals surface area (Å²) in [6, 6.07) is 63.7. The van der Waals surface area contributed by atoms with Gasteiger partial charge in [-0.05, 0) is 98.6 Å². The highest BCUT2D eigenvalue weighted by atomic mass is 15.1. The molecule has 2 aromatic heterocycles. The first-order valence-electron chi connectivity index (χ1n) is 19.9. The average Bonchev–Trinajstić information content (AvgIpc) is 3.90. The highest BCUT2D eigenvalue weighted by molar-refractivity contribution is 6.23. The quantitative estimate of drug-likeness (QED) is 0.175. The van der Waals surface area contributed by atoms with Crippen molar-refractivity contribution in [3.8, 4) is 33.4 Å². The lowest BCUT2D eigenvalue weighted by Gasteiger charge is -2.30. The number of fused-ring (bicyclic) bond motifs is 12. The van der Waals surface area contributed by atoms with E-state index < -0.39 is 0 Å². The molecule has 274 valence electrons. The molecule has 2 aliphatic rings. The van der Waals surface area contributed by atoms with E-state index in [0.717, 1.165) is 5.69 Å². The van der Waals surface area contributed by atoms with Crippen molar-refractivity contribution in [3.63, 3.8) is 0 Å². The van der Waals surface area contributed by atoms with Crippen LogP contribution in [0.4, 0.5) is 17.1 Å². The van der Waals surface area contributed by atoms with Crippen LogP contribution in [0.2, 0.25) is 0 Å². The van der Waals surface area contributed by atoms with Gasteiger partial charge in [-0.3, -0.25) is 0 Å². The first-order chi connectivity index (χ1) is 27.3. The molecule has 2 heterocycles. The lowest BCUT2D eigenvalue weighted by molar-refractivity contribution is 0.660. The summed E-state index contributed by atoms with van der Waals surface area (Å²) in [6.07, 6.45) is 0. The molecule has 10 aromatic rings. The second-order valence-corrected chi connectivity index (χ2v) is 16.9. The first kappa shape index (κ1) is 33.7. The fourth-order valence-corrected chi connectivity index (χ4v) is 10.6. The van der Waals surface area contributed by atoms with Crippen LogP contribution in [0.15, 0.2) is 170 Å². The Hall–Kier alpha value is -6.64. The minimum absolute atomic E-state index is 0. The van der Waals surface area contributed by atoms with Gasteiger partial charge < -0.3 is 9.30 Å². The van der Waals surface area contributed by atoms with Crippen molar-refractivity contribution in [2.45, 2.75) is 46.0 Å². The van der Waals surface area contributed by atoms with Crippen molar-refractivity contribution in [2.24, 2.45) is 0 Å². The largest absolute Gasteiger partial charge is 0.310 e. The van der Waals surface area contributed by atoms with Gasteiger partial charge in [0.25, 0.3) is 0 Å². The average molecular weight is 733 g/mol. The lowest BCUT2D eigenvalue weighted by atomic mass is 9.82. The molecule has 0 saturated heterocycles. The molecule has 8 aromatic carbocycles. The Bertz CT molecular complexity index is 3250. The Morgan fingerprint density at radius 3 is 1.77 bits per heavy atom. The van der Waals surface area contributed by atoms with Crippen LogP contribution < -0.4 is 4.90 Å². The molecule has 2 heteroatoms. The zero-order chi connectivity index (χ0) is 37.5. The normalized spacial score (nSPS) is 14.5. The second-order valence-electron chi connectivity index (χ2n) is 16.9. The summed E-state index contributed by atoms with van der Waals surface area (Å²) < 4.78 is 2.45. The smallest absolute Gasteiger partial charge is 0.0620 e. The molecule has 0 unspecified atom stereocenters. The number of para-hydroxylation sites is 2. The van der Waals surface area contributed by atoms with Gasteiger partial charge in [-0.25, -0.2) is 0 Å². The molecule has 0 bridgehead atoms. The Morgan fingerprint density at radius 1 is 0.404 bits per heavy atom. The molecule has 0 spiro atoms. The van der Waals surface area contributed by atoms with E-state index in [1.54, 1.807) is 0 Å². The van der Waals surface area contributed by atoms with E-state index >= 15 is 0 Å². The van der Waals surface area contributed by atoms with Gasteiger partial charge in [0.05, 0.1) is 22.2 Å². The van der Waals surface area contributed by atoms with Gasteiger partial charge in [0.15, 0.2) is 0 Å². The zero-order valence-corrected chi connectivity index (χ0v) is 32.1. The molecular weight excluding hydrogens is 689 g/mol. The number of hydrogen-bond acceptors (Lipinski definition) is 1. The number of anilines is 3. The van der Waals surface area contributed by atoms with Crippen LogP contribution in [0.1, 0.15) is 57.4 Å². The van der Waals surface area contributed by atoms with Gasteiger partial charge in [0, 0.05) is 49.3 Å². The van der Waals surface area contributed by atoms with Crippen LogP contribution in [-0.4, -0.2) is 4.40 Å². The van der Waals surface area contributed by atoms with E-state index in [2.05, 4.69) is 207 Å². The Kier molecular flexibility index (Phi) is 6.91. The Balaban J connectivity index is 0.00000374. The highest BCUT2D eigenvalue weighted by Crippen LogP contribution is 2.56. The molecule has 0 saturated carbocycles. The third-order valence-corrected chi connectivity index (χ3v) is 13.3. The lowest BCUT2D eigenvalue weighted by Crippen LogP contribution is -2.17. The van der Waals surface area contributed by atoms with Crippen LogP contribution >= 0.6 is 0 Å². The molecule has 2 aliphatic carbocycles.